The van der Waals surface area contributed by atoms with Crippen LogP contribution in [0.4, 0.5) is 5.95 Å². The lowest BCUT2D eigenvalue weighted by molar-refractivity contribution is 0.248. The summed E-state index contributed by atoms with van der Waals surface area (Å²) in [5.74, 6) is 1.65. The first-order valence-electron chi connectivity index (χ1n) is 10.3. The highest BCUT2D eigenvalue weighted by atomic mass is 32.2. The zero-order valence-corrected chi connectivity index (χ0v) is 19.4. The summed E-state index contributed by atoms with van der Waals surface area (Å²) in [4.78, 5) is 13.1. The molecule has 0 spiro atoms. The smallest absolute Gasteiger partial charge is 0.243 e. The van der Waals surface area contributed by atoms with Gasteiger partial charge < -0.3 is 19.3 Å². The Hall–Kier alpha value is -2.43. The van der Waals surface area contributed by atoms with Gasteiger partial charge in [-0.05, 0) is 39.1 Å². The summed E-state index contributed by atoms with van der Waals surface area (Å²) in [5.41, 5.74) is 0. The predicted molar refractivity (Wildman–Crippen MR) is 119 cm³/mol. The molecule has 9 nitrogen and oxygen atoms in total. The van der Waals surface area contributed by atoms with Crippen molar-refractivity contribution in [1.29, 1.82) is 0 Å². The molecule has 1 fully saturated rings. The standard InChI is InChI=1S/C21H31N5O4S/c1-24(2)14-15-26(31(27,28)19-7-5-6-18(16-19)29-3)17-9-12-25(13-10-17)21-22-11-8-20(23-21)30-4/h5-8,11,16-17H,9-10,12-15H2,1-4H3. The maximum Gasteiger partial charge on any atom is 0.243 e. The second kappa shape index (κ2) is 10.3. The molecule has 1 aliphatic heterocycles. The Morgan fingerprint density at radius 3 is 2.48 bits per heavy atom. The Labute approximate surface area is 184 Å². The van der Waals surface area contributed by atoms with E-state index >= 15 is 0 Å². The lowest BCUT2D eigenvalue weighted by atomic mass is 10.1. The number of methoxy groups -OCH3 is 2. The van der Waals surface area contributed by atoms with Crippen LogP contribution in [0.5, 0.6) is 11.6 Å². The van der Waals surface area contributed by atoms with Crippen LogP contribution in [0.2, 0.25) is 0 Å². The highest BCUT2D eigenvalue weighted by molar-refractivity contribution is 7.89. The van der Waals surface area contributed by atoms with E-state index in [4.69, 9.17) is 9.47 Å². The van der Waals surface area contributed by atoms with E-state index in [0.717, 1.165) is 0 Å². The van der Waals surface area contributed by atoms with Gasteiger partial charge in [-0.2, -0.15) is 9.29 Å². The van der Waals surface area contributed by atoms with Crippen molar-refractivity contribution in [3.8, 4) is 11.6 Å². The number of hydrogen-bond donors (Lipinski definition) is 0. The molecule has 1 saturated heterocycles. The average Bonchev–Trinajstić information content (AvgIpc) is 2.79. The number of rotatable bonds is 9. The van der Waals surface area contributed by atoms with Crippen molar-refractivity contribution in [2.75, 3.05) is 59.4 Å². The molecule has 1 aliphatic rings. The summed E-state index contributed by atoms with van der Waals surface area (Å²) in [6.07, 6.45) is 3.05. The van der Waals surface area contributed by atoms with Gasteiger partial charge in [0.05, 0.1) is 19.1 Å². The van der Waals surface area contributed by atoms with Crippen molar-refractivity contribution in [2.24, 2.45) is 0 Å². The maximum atomic E-state index is 13.5. The third-order valence-corrected chi connectivity index (χ3v) is 7.34. The molecule has 0 N–H and O–H groups in total. The van der Waals surface area contributed by atoms with E-state index in [1.54, 1.807) is 47.9 Å². The number of piperidine rings is 1. The first kappa shape index (κ1) is 23.2. The second-order valence-corrected chi connectivity index (χ2v) is 9.61. The lowest BCUT2D eigenvalue weighted by Crippen LogP contribution is -2.49. The van der Waals surface area contributed by atoms with Crippen LogP contribution < -0.4 is 14.4 Å². The molecule has 170 valence electrons. The molecule has 1 aromatic carbocycles. The largest absolute Gasteiger partial charge is 0.497 e. The fraction of sp³-hybridized carbons (Fsp3) is 0.524. The number of anilines is 1. The lowest BCUT2D eigenvalue weighted by Gasteiger charge is -2.38. The van der Waals surface area contributed by atoms with Crippen molar-refractivity contribution < 1.29 is 17.9 Å². The van der Waals surface area contributed by atoms with E-state index in [9.17, 15) is 8.42 Å². The van der Waals surface area contributed by atoms with Gasteiger partial charge in [0.15, 0.2) is 0 Å². The van der Waals surface area contributed by atoms with Gasteiger partial charge in [-0.1, -0.05) is 6.07 Å². The molecule has 0 saturated carbocycles. The van der Waals surface area contributed by atoms with Gasteiger partial charge in [-0.25, -0.2) is 13.4 Å². The van der Waals surface area contributed by atoms with E-state index in [1.807, 2.05) is 19.0 Å². The predicted octanol–water partition coefficient (Wildman–Crippen LogP) is 1.72. The molecule has 2 aromatic rings. The minimum Gasteiger partial charge on any atom is -0.497 e. The minimum atomic E-state index is -3.66. The Morgan fingerprint density at radius 2 is 1.84 bits per heavy atom. The van der Waals surface area contributed by atoms with Crippen LogP contribution in [0, 0.1) is 0 Å². The van der Waals surface area contributed by atoms with Gasteiger partial charge in [0.1, 0.15) is 5.75 Å². The van der Waals surface area contributed by atoms with E-state index in [2.05, 4.69) is 14.9 Å². The molecule has 0 unspecified atom stereocenters. The van der Waals surface area contributed by atoms with Gasteiger partial charge in [0.2, 0.25) is 21.9 Å². The fourth-order valence-electron chi connectivity index (χ4n) is 3.65. The molecule has 1 aromatic heterocycles. The average molecular weight is 450 g/mol. The van der Waals surface area contributed by atoms with Crippen molar-refractivity contribution in [2.45, 2.75) is 23.8 Å². The summed E-state index contributed by atoms with van der Waals surface area (Å²) < 4.78 is 39.2. The normalized spacial score (nSPS) is 15.5. The van der Waals surface area contributed by atoms with Crippen LogP contribution in [-0.2, 0) is 10.0 Å². The molecule has 0 atom stereocenters. The molecule has 0 bridgehead atoms. The van der Waals surface area contributed by atoms with Crippen molar-refractivity contribution >= 4 is 16.0 Å². The first-order valence-corrected chi connectivity index (χ1v) is 11.7. The molecule has 10 heteroatoms. The second-order valence-electron chi connectivity index (χ2n) is 7.72. The molecule has 0 amide bonds. The van der Waals surface area contributed by atoms with Gasteiger partial charge >= 0.3 is 0 Å². The number of likely N-dealkylation sites (N-methyl/N-ethyl adjacent to an activating group) is 1. The highest BCUT2D eigenvalue weighted by Crippen LogP contribution is 2.27. The number of hydrogen-bond acceptors (Lipinski definition) is 8. The molecular formula is C21H31N5O4S. The van der Waals surface area contributed by atoms with Gasteiger partial charge in [-0.3, -0.25) is 0 Å². The van der Waals surface area contributed by atoms with Crippen molar-refractivity contribution in [3.63, 3.8) is 0 Å². The van der Waals surface area contributed by atoms with Crippen molar-refractivity contribution in [3.05, 3.63) is 36.5 Å². The van der Waals surface area contributed by atoms with Crippen LogP contribution in [0.15, 0.2) is 41.4 Å². The molecule has 2 heterocycles. The summed E-state index contributed by atoms with van der Waals surface area (Å²) in [6.45, 7) is 2.41. The zero-order valence-electron chi connectivity index (χ0n) is 18.6. The van der Waals surface area contributed by atoms with E-state index in [1.165, 1.54) is 7.11 Å². The highest BCUT2D eigenvalue weighted by Gasteiger charge is 2.34. The molecule has 0 radical (unpaired) electrons. The van der Waals surface area contributed by atoms with Crippen LogP contribution in [0.1, 0.15) is 12.8 Å². The summed E-state index contributed by atoms with van der Waals surface area (Å²) in [5, 5.41) is 0. The Balaban J connectivity index is 1.79. The number of sulfonamides is 1. The number of benzene rings is 1. The minimum absolute atomic E-state index is 0.0991. The summed E-state index contributed by atoms with van der Waals surface area (Å²) in [7, 11) is 3.33. The molecule has 31 heavy (non-hydrogen) atoms. The molecule has 3 rings (SSSR count). The van der Waals surface area contributed by atoms with Gasteiger partial charge in [-0.15, -0.1) is 0 Å². The van der Waals surface area contributed by atoms with Gasteiger partial charge in [0, 0.05) is 50.6 Å². The first-order chi connectivity index (χ1) is 14.8. The number of nitrogens with zero attached hydrogens (tertiary/aromatic N) is 5. The fourth-order valence-corrected chi connectivity index (χ4v) is 5.36. The summed E-state index contributed by atoms with van der Waals surface area (Å²) in [6, 6.07) is 8.27. The van der Waals surface area contributed by atoms with Crippen molar-refractivity contribution in [1.82, 2.24) is 19.2 Å². The van der Waals surface area contributed by atoms with E-state index in [0.29, 0.717) is 56.6 Å². The van der Waals surface area contributed by atoms with E-state index in [-0.39, 0.29) is 10.9 Å². The van der Waals surface area contributed by atoms with E-state index < -0.39 is 10.0 Å². The number of ether oxygens (including phenoxy) is 2. The van der Waals surface area contributed by atoms with Gasteiger partial charge in [0.25, 0.3) is 0 Å². The SMILES string of the molecule is COc1cccc(S(=O)(=O)N(CCN(C)C)C2CCN(c3nccc(OC)n3)CC2)c1. The Morgan fingerprint density at radius 1 is 1.10 bits per heavy atom. The Kier molecular flexibility index (Phi) is 7.69. The maximum absolute atomic E-state index is 13.5. The molecular weight excluding hydrogens is 418 g/mol. The van der Waals surface area contributed by atoms with Crippen LogP contribution in [-0.4, -0.2) is 88.1 Å². The zero-order chi connectivity index (χ0) is 22.4. The quantitative estimate of drug-likeness (QED) is 0.572. The third-order valence-electron chi connectivity index (χ3n) is 5.40. The van der Waals surface area contributed by atoms with Crippen LogP contribution >= 0.6 is 0 Å². The van der Waals surface area contributed by atoms with Crippen LogP contribution in [0.25, 0.3) is 0 Å². The Bertz CT molecular complexity index is 962. The molecule has 0 aliphatic carbocycles. The monoisotopic (exact) mass is 449 g/mol. The summed E-state index contributed by atoms with van der Waals surface area (Å²) >= 11 is 0. The topological polar surface area (TPSA) is 88.1 Å². The third kappa shape index (κ3) is 5.63. The van der Waals surface area contributed by atoms with Crippen LogP contribution in [0.3, 0.4) is 0 Å². The number of aromatic nitrogens is 2.